The molecule has 0 amide bonds. The highest BCUT2D eigenvalue weighted by Crippen LogP contribution is 2.35. The van der Waals surface area contributed by atoms with Crippen LogP contribution in [-0.2, 0) is 18.1 Å². The number of halogens is 1. The van der Waals surface area contributed by atoms with E-state index in [0.29, 0.717) is 23.4 Å². The number of hydrogen-bond acceptors (Lipinski definition) is 3. The molecule has 6 heteroatoms. The summed E-state index contributed by atoms with van der Waals surface area (Å²) in [6, 6.07) is 6.98. The molecule has 1 aliphatic carbocycles. The second kappa shape index (κ2) is 7.70. The first kappa shape index (κ1) is 18.8. The maximum Gasteiger partial charge on any atom is 0.140 e. The number of hydrogen-bond donors (Lipinski definition) is 1. The Morgan fingerprint density at radius 3 is 2.64 bits per heavy atom. The lowest BCUT2D eigenvalue weighted by Crippen LogP contribution is -2.22. The first-order valence-electron chi connectivity index (χ1n) is 9.00. The Morgan fingerprint density at radius 2 is 2.00 bits per heavy atom. The minimum atomic E-state index is -1.11. The summed E-state index contributed by atoms with van der Waals surface area (Å²) in [5, 5.41) is 11.3. The first-order valence-corrected chi connectivity index (χ1v) is 13.1. The second-order valence-electron chi connectivity index (χ2n) is 8.17. The van der Waals surface area contributed by atoms with Gasteiger partial charge in [-0.1, -0.05) is 31.2 Å². The van der Waals surface area contributed by atoms with E-state index < -0.39 is 8.07 Å². The van der Waals surface area contributed by atoms with Gasteiger partial charge in [-0.25, -0.2) is 0 Å². The van der Waals surface area contributed by atoms with Gasteiger partial charge in [-0.2, -0.15) is 0 Å². The van der Waals surface area contributed by atoms with Gasteiger partial charge in [0.1, 0.15) is 12.5 Å². The van der Waals surface area contributed by atoms with Gasteiger partial charge in [0.2, 0.25) is 0 Å². The topological polar surface area (TPSA) is 43.6 Å². The van der Waals surface area contributed by atoms with Crippen molar-refractivity contribution in [3.63, 3.8) is 0 Å². The quantitative estimate of drug-likeness (QED) is 0.496. The number of ether oxygens (including phenoxy) is 2. The first-order chi connectivity index (χ1) is 11.9. The number of aromatic nitrogens is 1. The highest BCUT2D eigenvalue weighted by molar-refractivity contribution is 6.76. The van der Waals surface area contributed by atoms with Gasteiger partial charge in [-0.15, -0.1) is 0 Å². The van der Waals surface area contributed by atoms with Gasteiger partial charge in [0, 0.05) is 31.8 Å². The average Bonchev–Trinajstić information content (AvgIpc) is 3.30. The second-order valence-corrected chi connectivity index (χ2v) is 14.2. The van der Waals surface area contributed by atoms with Gasteiger partial charge in [0.05, 0.1) is 23.8 Å². The number of fused-ring (bicyclic) bond motifs is 1. The number of aliphatic hydroxyl groups excluding tert-OH is 1. The molecule has 4 nitrogen and oxygen atoms in total. The van der Waals surface area contributed by atoms with Gasteiger partial charge in [-0.05, 0) is 36.9 Å². The van der Waals surface area contributed by atoms with E-state index in [4.69, 9.17) is 21.1 Å². The summed E-state index contributed by atoms with van der Waals surface area (Å²) in [5.41, 5.74) is 1.82. The lowest BCUT2D eigenvalue weighted by Gasteiger charge is -2.17. The van der Waals surface area contributed by atoms with Crippen LogP contribution in [0.15, 0.2) is 18.2 Å². The van der Waals surface area contributed by atoms with Crippen LogP contribution < -0.4 is 4.74 Å². The molecule has 1 N–H and O–H groups in total. The Morgan fingerprint density at radius 1 is 1.24 bits per heavy atom. The van der Waals surface area contributed by atoms with Crippen molar-refractivity contribution in [2.45, 2.75) is 51.9 Å². The summed E-state index contributed by atoms with van der Waals surface area (Å²) in [5.74, 6) is 1.39. The molecule has 0 radical (unpaired) electrons. The fourth-order valence-electron chi connectivity index (χ4n) is 2.74. The molecule has 0 atom stereocenters. The summed E-state index contributed by atoms with van der Waals surface area (Å²) >= 11 is 6.37. The van der Waals surface area contributed by atoms with Gasteiger partial charge < -0.3 is 19.1 Å². The van der Waals surface area contributed by atoms with E-state index in [1.54, 1.807) is 0 Å². The van der Waals surface area contributed by atoms with E-state index >= 15 is 0 Å². The van der Waals surface area contributed by atoms with Crippen LogP contribution in [-0.4, -0.2) is 31.0 Å². The monoisotopic (exact) mass is 381 g/mol. The molecule has 1 saturated carbocycles. The third kappa shape index (κ3) is 5.00. The predicted octanol–water partition coefficient (Wildman–Crippen LogP) is 4.89. The molecule has 2 aromatic rings. The fraction of sp³-hybridized carbons (Fsp3) is 0.579. The third-order valence-corrected chi connectivity index (χ3v) is 6.59. The number of aliphatic hydroxyl groups is 1. The number of nitrogens with zero attached hydrogens (tertiary/aromatic N) is 1. The molecular formula is C19H28ClNO3Si. The van der Waals surface area contributed by atoms with Gasteiger partial charge in [0.25, 0.3) is 0 Å². The largest absolute Gasteiger partial charge is 0.492 e. The lowest BCUT2D eigenvalue weighted by molar-refractivity contribution is 0.0854. The standard InChI is InChI=1S/C19H28ClNO3Si/c1-25(2,3)7-6-23-13-21-16(11-22)8-15-9-17(20)19(10-18(15)21)24-12-14-4-5-14/h8-10,14,22H,4-7,11-13H2,1-3H3. The Bertz CT molecular complexity index is 734. The zero-order valence-electron chi connectivity index (χ0n) is 15.3. The Labute approximate surface area is 155 Å². The molecular weight excluding hydrogens is 354 g/mol. The van der Waals surface area contributed by atoms with Crippen molar-refractivity contribution in [1.82, 2.24) is 4.57 Å². The summed E-state index contributed by atoms with van der Waals surface area (Å²) in [6.07, 6.45) is 2.49. The number of rotatable bonds is 9. The van der Waals surface area contributed by atoms with E-state index in [1.165, 1.54) is 12.8 Å². The van der Waals surface area contributed by atoms with Crippen molar-refractivity contribution in [2.24, 2.45) is 5.92 Å². The van der Waals surface area contributed by atoms with E-state index in [1.807, 2.05) is 22.8 Å². The molecule has 1 aromatic carbocycles. The summed E-state index contributed by atoms with van der Waals surface area (Å²) in [7, 11) is -1.11. The molecule has 0 unspecified atom stereocenters. The van der Waals surface area contributed by atoms with E-state index in [2.05, 4.69) is 19.6 Å². The van der Waals surface area contributed by atoms with Crippen LogP contribution >= 0.6 is 11.6 Å². The third-order valence-electron chi connectivity index (χ3n) is 4.59. The summed E-state index contributed by atoms with van der Waals surface area (Å²) in [6.45, 7) is 8.91. The van der Waals surface area contributed by atoms with Crippen LogP contribution in [0.3, 0.4) is 0 Å². The molecule has 1 fully saturated rings. The van der Waals surface area contributed by atoms with Crippen LogP contribution in [0.4, 0.5) is 0 Å². The zero-order valence-corrected chi connectivity index (χ0v) is 17.1. The van der Waals surface area contributed by atoms with Crippen molar-refractivity contribution in [3.8, 4) is 5.75 Å². The van der Waals surface area contributed by atoms with Crippen LogP contribution in [0.2, 0.25) is 30.7 Å². The van der Waals surface area contributed by atoms with Crippen molar-refractivity contribution in [2.75, 3.05) is 13.2 Å². The molecule has 3 rings (SSSR count). The fourth-order valence-corrected chi connectivity index (χ4v) is 3.72. The molecule has 25 heavy (non-hydrogen) atoms. The van der Waals surface area contributed by atoms with Crippen molar-refractivity contribution in [3.05, 3.63) is 28.9 Å². The van der Waals surface area contributed by atoms with Gasteiger partial charge in [0.15, 0.2) is 0 Å². The average molecular weight is 382 g/mol. The van der Waals surface area contributed by atoms with Crippen molar-refractivity contribution in [1.29, 1.82) is 0 Å². The normalized spacial score (nSPS) is 15.1. The molecule has 1 aliphatic rings. The van der Waals surface area contributed by atoms with Crippen LogP contribution in [0.1, 0.15) is 18.5 Å². The van der Waals surface area contributed by atoms with E-state index in [0.717, 1.165) is 35.9 Å². The van der Waals surface area contributed by atoms with Crippen LogP contribution in [0.25, 0.3) is 10.9 Å². The molecule has 0 aliphatic heterocycles. The van der Waals surface area contributed by atoms with Crippen molar-refractivity contribution >= 4 is 30.6 Å². The highest BCUT2D eigenvalue weighted by Gasteiger charge is 2.22. The van der Waals surface area contributed by atoms with E-state index in [9.17, 15) is 5.11 Å². The van der Waals surface area contributed by atoms with Gasteiger partial charge >= 0.3 is 0 Å². The maximum atomic E-state index is 9.69. The van der Waals surface area contributed by atoms with Crippen LogP contribution in [0.5, 0.6) is 5.75 Å². The SMILES string of the molecule is C[Si](C)(C)CCOCn1c(CO)cc2cc(Cl)c(OCC3CC3)cc21. The molecule has 0 bridgehead atoms. The smallest absolute Gasteiger partial charge is 0.140 e. The Kier molecular flexibility index (Phi) is 5.78. The molecule has 0 saturated heterocycles. The molecule has 1 heterocycles. The maximum absolute atomic E-state index is 9.69. The van der Waals surface area contributed by atoms with Crippen molar-refractivity contribution < 1.29 is 14.6 Å². The predicted molar refractivity (Wildman–Crippen MR) is 105 cm³/mol. The Hall–Kier alpha value is -1.01. The minimum absolute atomic E-state index is 0.0258. The summed E-state index contributed by atoms with van der Waals surface area (Å²) < 4.78 is 13.8. The van der Waals surface area contributed by atoms with Crippen LogP contribution in [0, 0.1) is 5.92 Å². The minimum Gasteiger partial charge on any atom is -0.492 e. The van der Waals surface area contributed by atoms with Gasteiger partial charge in [-0.3, -0.25) is 0 Å². The molecule has 0 spiro atoms. The number of benzene rings is 1. The highest BCUT2D eigenvalue weighted by atomic mass is 35.5. The molecule has 1 aromatic heterocycles. The summed E-state index contributed by atoms with van der Waals surface area (Å²) in [4.78, 5) is 0. The Balaban J connectivity index is 1.77. The van der Waals surface area contributed by atoms with E-state index in [-0.39, 0.29) is 6.61 Å². The zero-order chi connectivity index (χ0) is 18.0. The molecule has 138 valence electrons. The lowest BCUT2D eigenvalue weighted by atomic mass is 10.2.